The maximum absolute atomic E-state index is 12.9. The van der Waals surface area contributed by atoms with Crippen LogP contribution in [-0.4, -0.2) is 60.8 Å². The number of rotatable bonds is 11. The zero-order valence-corrected chi connectivity index (χ0v) is 19.5. The molecule has 1 aliphatic rings. The number of carboxylic acids is 1. The maximum Gasteiger partial charge on any atom is 0.357 e. The zero-order valence-electron chi connectivity index (χ0n) is 19.5. The van der Waals surface area contributed by atoms with Crippen LogP contribution in [0.5, 0.6) is 5.75 Å². The van der Waals surface area contributed by atoms with Crippen molar-refractivity contribution in [2.75, 3.05) is 26.9 Å². The van der Waals surface area contributed by atoms with E-state index in [0.29, 0.717) is 23.8 Å². The number of aromatic carboxylic acids is 1. The third-order valence-corrected chi connectivity index (χ3v) is 5.30. The molecule has 184 valence electrons. The molecule has 0 radical (unpaired) electrons. The van der Waals surface area contributed by atoms with Gasteiger partial charge in [-0.15, -0.1) is 0 Å². The lowest BCUT2D eigenvalue weighted by molar-refractivity contribution is -0.142. The number of nitrogens with zero attached hydrogens (tertiary/aromatic N) is 1. The monoisotopic (exact) mass is 482 g/mol. The van der Waals surface area contributed by atoms with Crippen LogP contribution in [0.25, 0.3) is 17.2 Å². The highest BCUT2D eigenvalue weighted by molar-refractivity contribution is 6.03. The van der Waals surface area contributed by atoms with Crippen molar-refractivity contribution in [3.05, 3.63) is 53.4 Å². The molecule has 2 N–H and O–H groups in total. The number of carboxylic acid groups (broad SMARTS) is 1. The minimum Gasteiger partial charge on any atom is -0.496 e. The molecule has 35 heavy (non-hydrogen) atoms. The first-order chi connectivity index (χ1) is 16.7. The number of esters is 2. The number of hydrogen-bond acceptors (Lipinski definition) is 8. The van der Waals surface area contributed by atoms with Crippen molar-refractivity contribution < 1.29 is 38.5 Å². The van der Waals surface area contributed by atoms with Gasteiger partial charge in [0.25, 0.3) is 5.91 Å². The lowest BCUT2D eigenvalue weighted by atomic mass is 9.95. The summed E-state index contributed by atoms with van der Waals surface area (Å²) in [5.41, 5.74) is 0.318. The van der Waals surface area contributed by atoms with Gasteiger partial charge in [-0.2, -0.15) is 0 Å². The van der Waals surface area contributed by atoms with Crippen LogP contribution in [0.2, 0.25) is 0 Å². The highest BCUT2D eigenvalue weighted by Gasteiger charge is 2.26. The summed E-state index contributed by atoms with van der Waals surface area (Å²) in [6.07, 6.45) is 3.55. The predicted octanol–water partition coefficient (Wildman–Crippen LogP) is 2.96. The molecule has 1 aromatic heterocycles. The lowest BCUT2D eigenvalue weighted by Crippen LogP contribution is -2.27. The van der Waals surface area contributed by atoms with Crippen molar-refractivity contribution in [2.24, 2.45) is 5.92 Å². The summed E-state index contributed by atoms with van der Waals surface area (Å²) in [4.78, 5) is 52.7. The Balaban J connectivity index is 2.04. The van der Waals surface area contributed by atoms with Crippen LogP contribution >= 0.6 is 0 Å². The number of amides is 1. The van der Waals surface area contributed by atoms with Crippen molar-refractivity contribution in [3.8, 4) is 16.9 Å². The van der Waals surface area contributed by atoms with Crippen LogP contribution < -0.4 is 10.1 Å². The van der Waals surface area contributed by atoms with Gasteiger partial charge in [0.15, 0.2) is 5.69 Å². The van der Waals surface area contributed by atoms with Crippen LogP contribution in [0.3, 0.4) is 0 Å². The smallest absolute Gasteiger partial charge is 0.357 e. The predicted molar refractivity (Wildman–Crippen MR) is 125 cm³/mol. The number of aromatic nitrogens is 1. The molecule has 0 atom stereocenters. The Morgan fingerprint density at radius 2 is 1.86 bits per heavy atom. The Morgan fingerprint density at radius 3 is 2.46 bits per heavy atom. The van der Waals surface area contributed by atoms with E-state index in [2.05, 4.69) is 16.9 Å². The van der Waals surface area contributed by atoms with Gasteiger partial charge in [0.1, 0.15) is 24.7 Å². The molecular weight excluding hydrogens is 456 g/mol. The van der Waals surface area contributed by atoms with Gasteiger partial charge in [-0.3, -0.25) is 9.59 Å². The number of methoxy groups -OCH3 is 1. The summed E-state index contributed by atoms with van der Waals surface area (Å²) in [6, 6.07) is 5.68. The third kappa shape index (κ3) is 6.44. The molecule has 1 saturated carbocycles. The van der Waals surface area contributed by atoms with Crippen molar-refractivity contribution in [1.82, 2.24) is 10.3 Å². The minimum absolute atomic E-state index is 0.0205. The highest BCUT2D eigenvalue weighted by atomic mass is 16.6. The van der Waals surface area contributed by atoms with E-state index in [1.54, 1.807) is 0 Å². The number of benzene rings is 1. The van der Waals surface area contributed by atoms with Crippen molar-refractivity contribution >= 4 is 29.9 Å². The summed E-state index contributed by atoms with van der Waals surface area (Å²) < 4.78 is 15.3. The van der Waals surface area contributed by atoms with Crippen LogP contribution in [0.1, 0.15) is 56.7 Å². The van der Waals surface area contributed by atoms with Crippen LogP contribution in [-0.2, 0) is 14.3 Å². The van der Waals surface area contributed by atoms with Crippen LogP contribution in [0.4, 0.5) is 0 Å². The minimum atomic E-state index is -1.24. The van der Waals surface area contributed by atoms with Crippen LogP contribution in [0.15, 0.2) is 30.8 Å². The zero-order chi connectivity index (χ0) is 25.5. The summed E-state index contributed by atoms with van der Waals surface area (Å²) in [5, 5.41) is 12.6. The quantitative estimate of drug-likeness (QED) is 0.365. The SMILES string of the molecule is C=Cc1cc(C(=O)O)c(-c2ccc(C(=O)NCC3CC3)nc2C(=O)OCCOC(C)=O)cc1OC. The molecule has 0 unspecified atom stereocenters. The molecule has 0 spiro atoms. The summed E-state index contributed by atoms with van der Waals surface area (Å²) in [7, 11) is 1.42. The Bertz CT molecular complexity index is 1170. The number of hydrogen-bond donors (Lipinski definition) is 2. The molecule has 0 bridgehead atoms. The van der Waals surface area contributed by atoms with E-state index in [1.807, 2.05) is 0 Å². The summed E-state index contributed by atoms with van der Waals surface area (Å²) in [6.45, 7) is 4.98. The third-order valence-electron chi connectivity index (χ3n) is 5.30. The normalized spacial score (nSPS) is 12.4. The van der Waals surface area contributed by atoms with Crippen LogP contribution in [0, 0.1) is 5.92 Å². The fourth-order valence-corrected chi connectivity index (χ4v) is 3.33. The molecule has 2 aromatic rings. The average Bonchev–Trinajstić information content (AvgIpc) is 3.68. The van der Waals surface area contributed by atoms with E-state index in [1.165, 1.54) is 44.4 Å². The standard InChI is InChI=1S/C25H26N2O8/c1-4-16-11-19(24(30)31)18(12-21(16)33-3)17-7-8-20(23(29)26-13-15-5-6-15)27-22(17)25(32)35-10-9-34-14(2)28/h4,7-8,11-12,15H,1,5-6,9-10,13H2,2-3H3,(H,26,29)(H,30,31). The number of nitrogens with one attached hydrogen (secondary N) is 1. The highest BCUT2D eigenvalue weighted by Crippen LogP contribution is 2.34. The second kappa shape index (κ2) is 11.3. The molecular formula is C25H26N2O8. The van der Waals surface area contributed by atoms with Gasteiger partial charge < -0.3 is 24.6 Å². The first-order valence-corrected chi connectivity index (χ1v) is 10.9. The lowest BCUT2D eigenvalue weighted by Gasteiger charge is -2.15. The van der Waals surface area contributed by atoms with E-state index < -0.39 is 23.8 Å². The molecule has 10 heteroatoms. The maximum atomic E-state index is 12.9. The first kappa shape index (κ1) is 25.4. The second-order valence-corrected chi connectivity index (χ2v) is 7.87. The van der Waals surface area contributed by atoms with Gasteiger partial charge in [0, 0.05) is 30.2 Å². The van der Waals surface area contributed by atoms with Gasteiger partial charge in [-0.1, -0.05) is 12.7 Å². The van der Waals surface area contributed by atoms with Crippen molar-refractivity contribution in [3.63, 3.8) is 0 Å². The molecule has 1 heterocycles. The Hall–Kier alpha value is -4.21. The number of carbonyl (C=O) groups excluding carboxylic acids is 3. The van der Waals surface area contributed by atoms with Gasteiger partial charge in [-0.25, -0.2) is 14.6 Å². The van der Waals surface area contributed by atoms with Crippen molar-refractivity contribution in [2.45, 2.75) is 19.8 Å². The Labute approximate surface area is 201 Å². The van der Waals surface area contributed by atoms with Crippen molar-refractivity contribution in [1.29, 1.82) is 0 Å². The number of ether oxygens (including phenoxy) is 3. The molecule has 0 aliphatic heterocycles. The van der Waals surface area contributed by atoms with E-state index >= 15 is 0 Å². The Kier molecular flexibility index (Phi) is 8.19. The molecule has 1 amide bonds. The molecule has 1 aliphatic carbocycles. The molecule has 0 saturated heterocycles. The largest absolute Gasteiger partial charge is 0.496 e. The van der Waals surface area contributed by atoms with E-state index in [-0.39, 0.29) is 41.3 Å². The fourth-order valence-electron chi connectivity index (χ4n) is 3.33. The number of pyridine rings is 1. The number of carbonyl (C=O) groups is 4. The molecule has 1 fully saturated rings. The summed E-state index contributed by atoms with van der Waals surface area (Å²) >= 11 is 0. The summed E-state index contributed by atoms with van der Waals surface area (Å²) in [5.74, 6) is -2.37. The molecule has 1 aromatic carbocycles. The van der Waals surface area contributed by atoms with Gasteiger partial charge in [-0.05, 0) is 43.0 Å². The van der Waals surface area contributed by atoms with Gasteiger partial charge >= 0.3 is 17.9 Å². The average molecular weight is 482 g/mol. The fraction of sp³-hybridized carbons (Fsp3) is 0.320. The molecule has 3 rings (SSSR count). The van der Waals surface area contributed by atoms with E-state index in [0.717, 1.165) is 12.8 Å². The van der Waals surface area contributed by atoms with E-state index in [4.69, 9.17) is 14.2 Å². The van der Waals surface area contributed by atoms with Gasteiger partial charge in [0.2, 0.25) is 0 Å². The first-order valence-electron chi connectivity index (χ1n) is 10.9. The molecule has 10 nitrogen and oxygen atoms in total. The Morgan fingerprint density at radius 1 is 1.14 bits per heavy atom. The second-order valence-electron chi connectivity index (χ2n) is 7.87. The van der Waals surface area contributed by atoms with E-state index in [9.17, 15) is 24.3 Å². The topological polar surface area (TPSA) is 141 Å². The van der Waals surface area contributed by atoms with Gasteiger partial charge in [0.05, 0.1) is 12.7 Å².